The van der Waals surface area contributed by atoms with Gasteiger partial charge >= 0.3 is 12.1 Å². The van der Waals surface area contributed by atoms with Crippen molar-refractivity contribution in [2.24, 2.45) is 16.3 Å². The number of carboxylic acid groups (broad SMARTS) is 1. The predicted molar refractivity (Wildman–Crippen MR) is 200 cm³/mol. The van der Waals surface area contributed by atoms with Gasteiger partial charge in [-0.05, 0) is 60.9 Å². The maximum Gasteiger partial charge on any atom is 0.407 e. The molecule has 2 saturated heterocycles. The van der Waals surface area contributed by atoms with Gasteiger partial charge in [0.1, 0.15) is 5.75 Å². The van der Waals surface area contributed by atoms with Crippen LogP contribution in [0.2, 0.25) is 0 Å². The normalized spacial score (nSPS) is 20.4. The number of para-hydroxylation sites is 1. The number of aliphatic hydroxyl groups is 1. The van der Waals surface area contributed by atoms with Gasteiger partial charge in [0.05, 0.1) is 36.3 Å². The fraction of sp³-hybridized carbons (Fsp3) is 0.462. The molecule has 16 heteroatoms. The molecule has 0 aliphatic carbocycles. The lowest BCUT2D eigenvalue weighted by atomic mass is 9.87. The molecule has 3 aliphatic heterocycles. The molecule has 294 valence electrons. The average molecular weight is 778 g/mol. The topological polar surface area (TPSA) is 192 Å². The van der Waals surface area contributed by atoms with Crippen molar-refractivity contribution >= 4 is 22.1 Å². The van der Waals surface area contributed by atoms with Gasteiger partial charge in [0.15, 0.2) is 24.0 Å². The summed E-state index contributed by atoms with van der Waals surface area (Å²) in [5.74, 6) is 0.988. The Hall–Kier alpha value is -4.92. The van der Waals surface area contributed by atoms with E-state index in [9.17, 15) is 28.7 Å². The highest BCUT2D eigenvalue weighted by Gasteiger charge is 2.49. The summed E-state index contributed by atoms with van der Waals surface area (Å²) in [6, 6.07) is 20.9. The van der Waals surface area contributed by atoms with Crippen molar-refractivity contribution in [2.45, 2.75) is 68.9 Å². The number of rotatable bonds is 16. The first-order valence-electron chi connectivity index (χ1n) is 18.2. The van der Waals surface area contributed by atoms with Crippen LogP contribution in [0.25, 0.3) is 0 Å². The number of carbonyl (C=O) groups is 1. The van der Waals surface area contributed by atoms with Crippen LogP contribution in [0, 0.1) is 22.8 Å². The zero-order valence-electron chi connectivity index (χ0n) is 30.8. The second-order valence-electron chi connectivity index (χ2n) is 14.5. The molecule has 0 unspecified atom stereocenters. The second-order valence-corrected chi connectivity index (χ2v) is 16.5. The SMILES string of the molecule is CC(C)(CCCN=C(NC#N)Oc1ccccc1)CN(C[C@@H](O)[C@H](Cc1ccccc1)N(C(=O)O)[C@H]1CO[C@H]2OCC[C@H]21)S(=O)(=O)c1ccc2c(c1)OCO2. The van der Waals surface area contributed by atoms with E-state index in [1.165, 1.54) is 27.4 Å². The Labute approximate surface area is 321 Å². The van der Waals surface area contributed by atoms with E-state index in [1.54, 1.807) is 24.3 Å². The summed E-state index contributed by atoms with van der Waals surface area (Å²) in [6.07, 6.45) is 0.351. The Balaban J connectivity index is 1.26. The fourth-order valence-corrected chi connectivity index (χ4v) is 9.00. The Morgan fingerprint density at radius 1 is 1.07 bits per heavy atom. The van der Waals surface area contributed by atoms with Gasteiger partial charge in [-0.2, -0.15) is 9.57 Å². The number of nitrogens with one attached hydrogen (secondary N) is 1. The molecule has 0 spiro atoms. The van der Waals surface area contributed by atoms with Gasteiger partial charge < -0.3 is 33.9 Å². The second kappa shape index (κ2) is 17.7. The molecule has 0 aromatic heterocycles. The number of benzene rings is 3. The number of ether oxygens (including phenoxy) is 5. The van der Waals surface area contributed by atoms with Crippen molar-refractivity contribution < 1.29 is 47.1 Å². The molecule has 55 heavy (non-hydrogen) atoms. The number of hydrogen-bond donors (Lipinski definition) is 3. The van der Waals surface area contributed by atoms with Crippen molar-refractivity contribution in [2.75, 3.05) is 39.6 Å². The number of nitriles is 1. The number of sulfonamides is 1. The average Bonchev–Trinajstić information content (AvgIpc) is 3.92. The molecule has 3 N–H and O–H groups in total. The van der Waals surface area contributed by atoms with E-state index in [4.69, 9.17) is 23.7 Å². The van der Waals surface area contributed by atoms with Gasteiger partial charge in [-0.15, -0.1) is 0 Å². The molecule has 1 amide bonds. The minimum absolute atomic E-state index is 0.0232. The smallest absolute Gasteiger partial charge is 0.407 e. The first kappa shape index (κ1) is 39.8. The maximum atomic E-state index is 14.6. The largest absolute Gasteiger partial charge is 0.465 e. The number of aliphatic hydroxyl groups excluding tert-OH is 1. The van der Waals surface area contributed by atoms with E-state index in [-0.39, 0.29) is 55.5 Å². The van der Waals surface area contributed by atoms with E-state index in [1.807, 2.05) is 56.4 Å². The van der Waals surface area contributed by atoms with Crippen LogP contribution in [0.5, 0.6) is 17.2 Å². The first-order chi connectivity index (χ1) is 26.4. The molecule has 0 saturated carbocycles. The number of nitrogens with zero attached hydrogens (tertiary/aromatic N) is 4. The molecule has 3 aromatic rings. The summed E-state index contributed by atoms with van der Waals surface area (Å²) in [5, 5.41) is 34.5. The van der Waals surface area contributed by atoms with Crippen molar-refractivity contribution in [1.29, 1.82) is 5.26 Å². The first-order valence-corrected chi connectivity index (χ1v) is 19.7. The van der Waals surface area contributed by atoms with Gasteiger partial charge in [-0.25, -0.2) is 23.5 Å². The minimum Gasteiger partial charge on any atom is -0.465 e. The molecule has 0 radical (unpaired) electrons. The third-order valence-electron chi connectivity index (χ3n) is 10.0. The van der Waals surface area contributed by atoms with Gasteiger partial charge in [-0.3, -0.25) is 4.90 Å². The molecular weight excluding hydrogens is 731 g/mol. The Bertz CT molecular complexity index is 1940. The summed E-state index contributed by atoms with van der Waals surface area (Å²) in [5.41, 5.74) is 0.125. The maximum absolute atomic E-state index is 14.6. The fourth-order valence-electron chi connectivity index (χ4n) is 7.34. The van der Waals surface area contributed by atoms with Crippen LogP contribution in [0.4, 0.5) is 4.79 Å². The highest BCUT2D eigenvalue weighted by molar-refractivity contribution is 7.89. The number of aliphatic imine (C=N–C) groups is 1. The number of amides is 1. The molecule has 6 rings (SSSR count). The van der Waals surface area contributed by atoms with Gasteiger partial charge in [0.2, 0.25) is 16.8 Å². The summed E-state index contributed by atoms with van der Waals surface area (Å²) in [7, 11) is -4.29. The molecule has 5 atom stereocenters. The Kier molecular flexibility index (Phi) is 12.8. The zero-order chi connectivity index (χ0) is 39.0. The van der Waals surface area contributed by atoms with Crippen LogP contribution in [0.1, 0.15) is 38.7 Å². The zero-order valence-corrected chi connectivity index (χ0v) is 31.6. The standard InChI is InChI=1S/C39H47N5O10S/c1-39(2,17-9-18-41-37(42-25-40)54-28-12-7-4-8-13-28)24-43(55(48,49)29-14-15-34-35(21-29)53-26-52-34)22-33(45)31(20-27-10-5-3-6-11-27)44(38(46)47)32-23-51-36-30(32)16-19-50-36/h3-8,10-15,21,30-33,36,45H,9,16-20,22-24,26H2,1-2H3,(H,41,42)(H,46,47)/t30-,31-,32-,33+,36+/m0/s1. The van der Waals surface area contributed by atoms with Crippen molar-refractivity contribution in [1.82, 2.24) is 14.5 Å². The van der Waals surface area contributed by atoms with E-state index < -0.39 is 52.6 Å². The van der Waals surface area contributed by atoms with Crippen LogP contribution in [0.15, 0.2) is 88.8 Å². The third-order valence-corrected chi connectivity index (χ3v) is 11.8. The van der Waals surface area contributed by atoms with Crippen LogP contribution in [-0.4, -0.2) is 104 Å². The van der Waals surface area contributed by atoms with E-state index in [2.05, 4.69) is 10.3 Å². The molecule has 2 fully saturated rings. The van der Waals surface area contributed by atoms with Crippen molar-refractivity contribution in [3.63, 3.8) is 0 Å². The highest BCUT2D eigenvalue weighted by Crippen LogP contribution is 2.38. The minimum atomic E-state index is -4.29. The molecule has 3 heterocycles. The Morgan fingerprint density at radius 3 is 2.53 bits per heavy atom. The summed E-state index contributed by atoms with van der Waals surface area (Å²) >= 11 is 0. The van der Waals surface area contributed by atoms with Gasteiger partial charge in [-0.1, -0.05) is 62.4 Å². The number of amidine groups is 1. The summed E-state index contributed by atoms with van der Waals surface area (Å²) in [4.78, 5) is 18.7. The van der Waals surface area contributed by atoms with Crippen molar-refractivity contribution in [3.05, 3.63) is 84.4 Å². The van der Waals surface area contributed by atoms with Gasteiger partial charge in [0, 0.05) is 31.6 Å². The van der Waals surface area contributed by atoms with Gasteiger partial charge in [0.25, 0.3) is 0 Å². The molecule has 15 nitrogen and oxygen atoms in total. The predicted octanol–water partition coefficient (Wildman–Crippen LogP) is 4.43. The third kappa shape index (κ3) is 9.85. The quantitative estimate of drug-likeness (QED) is 0.0611. The lowest BCUT2D eigenvalue weighted by molar-refractivity contribution is -0.0906. The molecule has 3 aromatic carbocycles. The van der Waals surface area contributed by atoms with E-state index in [0.29, 0.717) is 37.4 Å². The molecular formula is C39H47N5O10S. The molecule has 0 bridgehead atoms. The van der Waals surface area contributed by atoms with Crippen LogP contribution < -0.4 is 19.5 Å². The van der Waals surface area contributed by atoms with Crippen LogP contribution >= 0.6 is 0 Å². The van der Waals surface area contributed by atoms with Crippen molar-refractivity contribution in [3.8, 4) is 23.4 Å². The van der Waals surface area contributed by atoms with Crippen LogP contribution in [0.3, 0.4) is 0 Å². The van der Waals surface area contributed by atoms with E-state index in [0.717, 1.165) is 5.56 Å². The molecule has 3 aliphatic rings. The van der Waals surface area contributed by atoms with E-state index >= 15 is 0 Å². The number of fused-ring (bicyclic) bond motifs is 2. The lowest BCUT2D eigenvalue weighted by Gasteiger charge is -2.40. The monoisotopic (exact) mass is 777 g/mol. The lowest BCUT2D eigenvalue weighted by Crippen LogP contribution is -2.58. The summed E-state index contributed by atoms with van der Waals surface area (Å²) in [6.45, 7) is 4.17. The Morgan fingerprint density at radius 2 is 1.80 bits per heavy atom. The van der Waals surface area contributed by atoms with Crippen LogP contribution in [-0.2, 0) is 25.9 Å². The highest BCUT2D eigenvalue weighted by atomic mass is 32.2. The number of hydrogen-bond acceptors (Lipinski definition) is 11. The summed E-state index contributed by atoms with van der Waals surface area (Å²) < 4.78 is 58.5.